The van der Waals surface area contributed by atoms with E-state index in [9.17, 15) is 13.5 Å². The van der Waals surface area contributed by atoms with Crippen LogP contribution in [-0.4, -0.2) is 42.1 Å². The molecule has 1 aliphatic rings. The predicted molar refractivity (Wildman–Crippen MR) is 80.3 cm³/mol. The summed E-state index contributed by atoms with van der Waals surface area (Å²) in [4.78, 5) is 0.247. The largest absolute Gasteiger partial charge is 0.396 e. The van der Waals surface area contributed by atoms with Crippen molar-refractivity contribution in [2.45, 2.75) is 49.6 Å². The van der Waals surface area contributed by atoms with Gasteiger partial charge in [-0.15, -0.1) is 0 Å². The normalized spacial score (nSPS) is 17.7. The Morgan fingerprint density at radius 1 is 1.29 bits per heavy atom. The van der Waals surface area contributed by atoms with Crippen LogP contribution in [-0.2, 0) is 10.0 Å². The molecule has 0 aromatic heterocycles. The van der Waals surface area contributed by atoms with Gasteiger partial charge in [0.1, 0.15) is 0 Å². The van der Waals surface area contributed by atoms with Gasteiger partial charge in [0.25, 0.3) is 0 Å². The van der Waals surface area contributed by atoms with E-state index in [1.54, 1.807) is 31.2 Å². The Morgan fingerprint density at radius 3 is 2.33 bits per heavy atom. The van der Waals surface area contributed by atoms with Crippen LogP contribution in [0.4, 0.5) is 0 Å². The number of hydrogen-bond acceptors (Lipinski definition) is 4. The maximum atomic E-state index is 12.7. The third kappa shape index (κ3) is 3.63. The smallest absolute Gasteiger partial charge is 0.243 e. The Balaban J connectivity index is 2.24. The van der Waals surface area contributed by atoms with Crippen LogP contribution in [0.15, 0.2) is 29.2 Å². The molecule has 1 aromatic rings. The minimum absolute atomic E-state index is 0.0142. The lowest BCUT2D eigenvalue weighted by Crippen LogP contribution is -2.44. The molecule has 0 radical (unpaired) electrons. The summed E-state index contributed by atoms with van der Waals surface area (Å²) in [5.41, 5.74) is 0.694. The highest BCUT2D eigenvalue weighted by Gasteiger charge is 2.34. The number of hydrogen-bond donors (Lipinski definition) is 2. The zero-order chi connectivity index (χ0) is 15.5. The zero-order valence-electron chi connectivity index (χ0n) is 12.3. The predicted octanol–water partition coefficient (Wildman–Crippen LogP) is 1.67. The topological polar surface area (TPSA) is 77.8 Å². The van der Waals surface area contributed by atoms with Crippen LogP contribution in [0.25, 0.3) is 0 Å². The summed E-state index contributed by atoms with van der Waals surface area (Å²) < 4.78 is 27.0. The fourth-order valence-electron chi connectivity index (χ4n) is 2.45. The highest BCUT2D eigenvalue weighted by molar-refractivity contribution is 7.89. The molecule has 1 fully saturated rings. The van der Waals surface area contributed by atoms with Crippen molar-refractivity contribution in [2.75, 3.05) is 13.2 Å². The first-order chi connectivity index (χ1) is 9.96. The van der Waals surface area contributed by atoms with E-state index < -0.39 is 16.1 Å². The van der Waals surface area contributed by atoms with Gasteiger partial charge in [-0.3, -0.25) is 0 Å². The number of aliphatic hydroxyl groups excluding tert-OH is 2. The van der Waals surface area contributed by atoms with E-state index in [1.807, 2.05) is 0 Å². The summed E-state index contributed by atoms with van der Waals surface area (Å²) in [6.45, 7) is 1.98. The first-order valence-electron chi connectivity index (χ1n) is 7.37. The van der Waals surface area contributed by atoms with Crippen molar-refractivity contribution in [3.05, 3.63) is 29.8 Å². The summed E-state index contributed by atoms with van der Waals surface area (Å²) in [6, 6.07) is 6.42. The van der Waals surface area contributed by atoms with Gasteiger partial charge in [0.15, 0.2) is 0 Å². The molecule has 0 amide bonds. The summed E-state index contributed by atoms with van der Waals surface area (Å²) in [6.07, 6.45) is 2.66. The van der Waals surface area contributed by atoms with Crippen LogP contribution >= 0.6 is 0 Å². The van der Waals surface area contributed by atoms with Crippen LogP contribution in [0.5, 0.6) is 0 Å². The Labute approximate surface area is 126 Å². The number of aliphatic hydroxyl groups is 2. The van der Waals surface area contributed by atoms with Crippen molar-refractivity contribution in [3.8, 4) is 0 Å². The molecule has 0 bridgehead atoms. The molecule has 0 saturated heterocycles. The molecule has 5 nitrogen and oxygen atoms in total. The number of rotatable bonds is 7. The Kier molecular flexibility index (Phi) is 5.37. The van der Waals surface area contributed by atoms with E-state index in [4.69, 9.17) is 5.11 Å². The summed E-state index contributed by atoms with van der Waals surface area (Å²) in [7, 11) is -3.54. The number of benzene rings is 1. The Bertz CT molecular complexity index is 550. The summed E-state index contributed by atoms with van der Waals surface area (Å²) in [5, 5.41) is 18.5. The number of nitrogens with zero attached hydrogens (tertiary/aromatic N) is 1. The molecule has 1 aromatic carbocycles. The van der Waals surface area contributed by atoms with Gasteiger partial charge in [-0.2, -0.15) is 4.31 Å². The standard InChI is InChI=1S/C15H23NO4S/c1-12(18)13-6-8-15(9-7-13)21(19,20)16(10-3-11-17)14-4-2-5-14/h6-9,12,14,17-18H,2-5,10-11H2,1H3. The third-order valence-electron chi connectivity index (χ3n) is 3.99. The van der Waals surface area contributed by atoms with Crippen molar-refractivity contribution in [1.82, 2.24) is 4.31 Å². The lowest BCUT2D eigenvalue weighted by molar-refractivity contribution is 0.197. The fourth-order valence-corrected chi connectivity index (χ4v) is 4.18. The fraction of sp³-hybridized carbons (Fsp3) is 0.600. The van der Waals surface area contributed by atoms with E-state index in [0.717, 1.165) is 19.3 Å². The van der Waals surface area contributed by atoms with Crippen LogP contribution in [0.1, 0.15) is 44.3 Å². The van der Waals surface area contributed by atoms with Gasteiger partial charge >= 0.3 is 0 Å². The molecule has 0 heterocycles. The van der Waals surface area contributed by atoms with Crippen LogP contribution in [0, 0.1) is 0 Å². The number of sulfonamides is 1. The molecule has 118 valence electrons. The summed E-state index contributed by atoms with van der Waals surface area (Å²) >= 11 is 0. The van der Waals surface area contributed by atoms with E-state index in [1.165, 1.54) is 4.31 Å². The second kappa shape index (κ2) is 6.87. The molecular formula is C15H23NO4S. The van der Waals surface area contributed by atoms with Crippen LogP contribution in [0.3, 0.4) is 0 Å². The van der Waals surface area contributed by atoms with Crippen molar-refractivity contribution >= 4 is 10.0 Å². The molecule has 1 aliphatic carbocycles. The maximum absolute atomic E-state index is 12.7. The molecule has 6 heteroatoms. The van der Waals surface area contributed by atoms with E-state index in [2.05, 4.69) is 0 Å². The Hall–Kier alpha value is -0.950. The monoisotopic (exact) mass is 313 g/mol. The van der Waals surface area contributed by atoms with Gasteiger partial charge in [-0.1, -0.05) is 18.6 Å². The van der Waals surface area contributed by atoms with Gasteiger partial charge in [0, 0.05) is 19.2 Å². The Morgan fingerprint density at radius 2 is 1.90 bits per heavy atom. The molecule has 1 saturated carbocycles. The van der Waals surface area contributed by atoms with Crippen molar-refractivity contribution in [3.63, 3.8) is 0 Å². The van der Waals surface area contributed by atoms with E-state index in [0.29, 0.717) is 18.5 Å². The molecular weight excluding hydrogens is 290 g/mol. The first-order valence-corrected chi connectivity index (χ1v) is 8.81. The van der Waals surface area contributed by atoms with Gasteiger partial charge in [0.05, 0.1) is 11.0 Å². The lowest BCUT2D eigenvalue weighted by Gasteiger charge is -2.36. The van der Waals surface area contributed by atoms with Crippen molar-refractivity contribution < 1.29 is 18.6 Å². The van der Waals surface area contributed by atoms with Gasteiger partial charge in [-0.25, -0.2) is 8.42 Å². The molecule has 0 aliphatic heterocycles. The lowest BCUT2D eigenvalue weighted by atomic mass is 9.93. The third-order valence-corrected chi connectivity index (χ3v) is 5.95. The summed E-state index contributed by atoms with van der Waals surface area (Å²) in [5.74, 6) is 0. The molecule has 1 unspecified atom stereocenters. The van der Waals surface area contributed by atoms with E-state index >= 15 is 0 Å². The molecule has 1 atom stereocenters. The molecule has 2 N–H and O–H groups in total. The van der Waals surface area contributed by atoms with Crippen LogP contribution < -0.4 is 0 Å². The van der Waals surface area contributed by atoms with Crippen molar-refractivity contribution in [2.24, 2.45) is 0 Å². The van der Waals surface area contributed by atoms with Crippen LogP contribution in [0.2, 0.25) is 0 Å². The van der Waals surface area contributed by atoms with Gasteiger partial charge in [0.2, 0.25) is 10.0 Å². The van der Waals surface area contributed by atoms with E-state index in [-0.39, 0.29) is 17.5 Å². The second-order valence-corrected chi connectivity index (χ2v) is 7.41. The average molecular weight is 313 g/mol. The second-order valence-electron chi connectivity index (χ2n) is 5.52. The molecule has 0 spiro atoms. The highest BCUT2D eigenvalue weighted by Crippen LogP contribution is 2.30. The molecule has 21 heavy (non-hydrogen) atoms. The SMILES string of the molecule is CC(O)c1ccc(S(=O)(=O)N(CCCO)C2CCC2)cc1. The zero-order valence-corrected chi connectivity index (χ0v) is 13.1. The average Bonchev–Trinajstić information content (AvgIpc) is 2.41. The quantitative estimate of drug-likeness (QED) is 0.802. The highest BCUT2D eigenvalue weighted by atomic mass is 32.2. The van der Waals surface area contributed by atoms with Crippen molar-refractivity contribution in [1.29, 1.82) is 0 Å². The first kappa shape index (κ1) is 16.4. The van der Waals surface area contributed by atoms with Gasteiger partial charge < -0.3 is 10.2 Å². The minimum Gasteiger partial charge on any atom is -0.396 e. The maximum Gasteiger partial charge on any atom is 0.243 e. The molecule has 2 rings (SSSR count). The minimum atomic E-state index is -3.54. The van der Waals surface area contributed by atoms with Gasteiger partial charge in [-0.05, 0) is 43.9 Å².